The second-order valence-electron chi connectivity index (χ2n) is 19.5. The summed E-state index contributed by atoms with van der Waals surface area (Å²) < 4.78 is 16.8. The van der Waals surface area contributed by atoms with E-state index in [-0.39, 0.29) is 37.5 Å². The van der Waals surface area contributed by atoms with Gasteiger partial charge in [-0.1, -0.05) is 242 Å². The van der Waals surface area contributed by atoms with Crippen LogP contribution in [0.5, 0.6) is 0 Å². The largest absolute Gasteiger partial charge is 0.462 e. The van der Waals surface area contributed by atoms with E-state index in [0.717, 1.165) is 173 Å². The number of esters is 3. The second kappa shape index (κ2) is 63.3. The monoisotopic (exact) mass is 1060 g/mol. The molecule has 6 heteroatoms. The lowest BCUT2D eigenvalue weighted by molar-refractivity contribution is -0.167. The van der Waals surface area contributed by atoms with E-state index in [0.29, 0.717) is 12.8 Å². The molecule has 0 fully saturated rings. The zero-order valence-electron chi connectivity index (χ0n) is 49.1. The average Bonchev–Trinajstić information content (AvgIpc) is 3.43. The maximum atomic E-state index is 12.8. The van der Waals surface area contributed by atoms with Crippen LogP contribution >= 0.6 is 0 Å². The summed E-state index contributed by atoms with van der Waals surface area (Å²) in [5.74, 6) is -0.985. The molecule has 0 heterocycles. The van der Waals surface area contributed by atoms with Crippen LogP contribution in [0.1, 0.15) is 239 Å². The lowest BCUT2D eigenvalue weighted by atomic mass is 10.1. The summed E-state index contributed by atoms with van der Waals surface area (Å²) in [6.45, 7) is 6.29. The molecule has 0 amide bonds. The molecule has 0 saturated carbocycles. The van der Waals surface area contributed by atoms with Crippen molar-refractivity contribution in [3.8, 4) is 0 Å². The van der Waals surface area contributed by atoms with Crippen molar-refractivity contribution in [2.75, 3.05) is 13.2 Å². The van der Waals surface area contributed by atoms with Crippen molar-refractivity contribution in [1.29, 1.82) is 0 Å². The van der Waals surface area contributed by atoms with E-state index in [1.807, 2.05) is 0 Å². The number of ether oxygens (including phenoxy) is 3. The van der Waals surface area contributed by atoms with Crippen molar-refractivity contribution < 1.29 is 28.6 Å². The van der Waals surface area contributed by atoms with Crippen LogP contribution in [0, 0.1) is 0 Å². The molecule has 0 saturated heterocycles. The molecule has 430 valence electrons. The molecule has 0 aromatic rings. The molecular formula is C71H110O6. The maximum Gasteiger partial charge on any atom is 0.306 e. The van der Waals surface area contributed by atoms with Crippen LogP contribution in [0.15, 0.2) is 170 Å². The van der Waals surface area contributed by atoms with Crippen molar-refractivity contribution in [3.63, 3.8) is 0 Å². The first-order valence-corrected chi connectivity index (χ1v) is 30.6. The Morgan fingerprint density at radius 2 is 0.506 bits per heavy atom. The molecule has 0 N–H and O–H groups in total. The molecule has 0 aliphatic heterocycles. The highest BCUT2D eigenvalue weighted by Crippen LogP contribution is 2.13. The Hall–Kier alpha value is -5.23. The third-order valence-corrected chi connectivity index (χ3v) is 12.2. The van der Waals surface area contributed by atoms with Crippen LogP contribution in [-0.4, -0.2) is 37.2 Å². The molecule has 0 aliphatic rings. The van der Waals surface area contributed by atoms with E-state index in [9.17, 15) is 14.4 Å². The normalized spacial score (nSPS) is 13.3. The van der Waals surface area contributed by atoms with Crippen LogP contribution in [0.25, 0.3) is 0 Å². The van der Waals surface area contributed by atoms with Gasteiger partial charge in [0, 0.05) is 19.3 Å². The minimum absolute atomic E-state index is 0.109. The van der Waals surface area contributed by atoms with Crippen LogP contribution in [0.2, 0.25) is 0 Å². The highest BCUT2D eigenvalue weighted by atomic mass is 16.6. The maximum absolute atomic E-state index is 12.8. The molecule has 0 aromatic heterocycles. The van der Waals surface area contributed by atoms with Crippen LogP contribution in [0.3, 0.4) is 0 Å². The standard InChI is InChI=1S/C71H110O6/c1-4-7-10-13-16-19-22-24-25-26-27-28-29-30-31-32-33-34-35-36-37-38-39-40-41-42-43-44-45-47-49-52-55-58-61-64-70(73)76-67-68(66-75-69(72)63-60-57-54-51-48-21-18-15-12-9-6-3)77-71(74)65-62-59-56-53-50-46-23-20-17-14-11-8-5-2/h7-8,10-11,15-20,24-25,27-28,30-31,33-34,36-37,39-40,42-43,45-47,50,68H,4-6,9,12-14,21-23,26,29,32,35,38,41,44,48-49,51-67H2,1-3H3/b10-7-,11-8-,18-15-,19-16-,20-17-,25-24-,28-27-,31-30-,34-33-,37-36-,40-39-,43-42-,47-45-,50-46-. The number of unbranched alkanes of at least 4 members (excludes halogenated alkanes) is 14. The van der Waals surface area contributed by atoms with Gasteiger partial charge in [0.2, 0.25) is 0 Å². The van der Waals surface area contributed by atoms with Gasteiger partial charge in [0.15, 0.2) is 6.10 Å². The molecule has 0 aromatic carbocycles. The number of allylic oxidation sites excluding steroid dienone is 28. The Morgan fingerprint density at radius 3 is 0.818 bits per heavy atom. The summed E-state index contributed by atoms with van der Waals surface area (Å²) in [7, 11) is 0. The average molecular weight is 1060 g/mol. The van der Waals surface area contributed by atoms with Crippen LogP contribution < -0.4 is 0 Å². The summed E-state index contributed by atoms with van der Waals surface area (Å²) in [5.41, 5.74) is 0. The summed E-state index contributed by atoms with van der Waals surface area (Å²) in [6, 6.07) is 0. The van der Waals surface area contributed by atoms with E-state index in [4.69, 9.17) is 14.2 Å². The third-order valence-electron chi connectivity index (χ3n) is 12.2. The van der Waals surface area contributed by atoms with E-state index in [1.54, 1.807) is 0 Å². The zero-order chi connectivity index (χ0) is 55.7. The number of carbonyl (C=O) groups excluding carboxylic acids is 3. The van der Waals surface area contributed by atoms with E-state index >= 15 is 0 Å². The Labute approximate surface area is 472 Å². The van der Waals surface area contributed by atoms with E-state index in [2.05, 4.69) is 191 Å². The Morgan fingerprint density at radius 1 is 0.273 bits per heavy atom. The number of rotatable bonds is 53. The molecule has 0 bridgehead atoms. The van der Waals surface area contributed by atoms with Crippen molar-refractivity contribution in [3.05, 3.63) is 170 Å². The molecule has 0 rings (SSSR count). The molecule has 1 atom stereocenters. The van der Waals surface area contributed by atoms with Gasteiger partial charge in [0.1, 0.15) is 13.2 Å². The molecule has 6 nitrogen and oxygen atoms in total. The molecular weight excluding hydrogens is 949 g/mol. The van der Waals surface area contributed by atoms with E-state index < -0.39 is 6.10 Å². The topological polar surface area (TPSA) is 78.9 Å². The smallest absolute Gasteiger partial charge is 0.306 e. The van der Waals surface area contributed by atoms with Gasteiger partial charge in [-0.15, -0.1) is 0 Å². The fourth-order valence-electron chi connectivity index (χ4n) is 7.64. The zero-order valence-corrected chi connectivity index (χ0v) is 49.1. The minimum atomic E-state index is -0.815. The lowest BCUT2D eigenvalue weighted by Gasteiger charge is -2.18. The summed E-state index contributed by atoms with van der Waals surface area (Å²) >= 11 is 0. The summed E-state index contributed by atoms with van der Waals surface area (Å²) in [5, 5.41) is 0. The molecule has 0 spiro atoms. The summed E-state index contributed by atoms with van der Waals surface area (Å²) in [4.78, 5) is 38.1. The van der Waals surface area contributed by atoms with Crippen LogP contribution in [0.4, 0.5) is 0 Å². The van der Waals surface area contributed by atoms with Crippen molar-refractivity contribution >= 4 is 17.9 Å². The van der Waals surface area contributed by atoms with Gasteiger partial charge in [-0.2, -0.15) is 0 Å². The fourth-order valence-corrected chi connectivity index (χ4v) is 7.64. The van der Waals surface area contributed by atoms with Gasteiger partial charge in [-0.3, -0.25) is 14.4 Å². The van der Waals surface area contributed by atoms with Crippen molar-refractivity contribution in [1.82, 2.24) is 0 Å². The quantitative estimate of drug-likeness (QED) is 0.0261. The SMILES string of the molecule is CC/C=C\C/C=C\C/C=C\C/C=C\C/C=C\C/C=C\C/C=C\C/C=C\C/C=C\C/C=C\CCCCCCC(=O)OCC(COC(=O)CCCCCCC/C=C\CCCC)OC(=O)CCCCC/C=C\C/C=C\C/C=C\CC. The van der Waals surface area contributed by atoms with Crippen molar-refractivity contribution in [2.24, 2.45) is 0 Å². The first-order valence-electron chi connectivity index (χ1n) is 30.6. The lowest BCUT2D eigenvalue weighted by Crippen LogP contribution is -2.30. The third kappa shape index (κ3) is 61.5. The first kappa shape index (κ1) is 71.8. The van der Waals surface area contributed by atoms with Gasteiger partial charge in [0.25, 0.3) is 0 Å². The molecule has 0 aliphatic carbocycles. The first-order chi connectivity index (χ1) is 38.0. The van der Waals surface area contributed by atoms with E-state index in [1.165, 1.54) is 25.7 Å². The number of carbonyl (C=O) groups is 3. The van der Waals surface area contributed by atoms with Gasteiger partial charge in [-0.25, -0.2) is 0 Å². The second-order valence-corrected chi connectivity index (χ2v) is 19.5. The van der Waals surface area contributed by atoms with Gasteiger partial charge in [0.05, 0.1) is 0 Å². The Kier molecular flexibility index (Phi) is 59.0. The fraction of sp³-hybridized carbons (Fsp3) is 0.563. The minimum Gasteiger partial charge on any atom is -0.462 e. The molecule has 0 radical (unpaired) electrons. The Balaban J connectivity index is 4.30. The Bertz CT molecular complexity index is 1790. The van der Waals surface area contributed by atoms with Crippen molar-refractivity contribution in [2.45, 2.75) is 245 Å². The molecule has 77 heavy (non-hydrogen) atoms. The van der Waals surface area contributed by atoms with Gasteiger partial charge in [-0.05, 0) is 148 Å². The number of hydrogen-bond donors (Lipinski definition) is 0. The highest BCUT2D eigenvalue weighted by Gasteiger charge is 2.19. The highest BCUT2D eigenvalue weighted by molar-refractivity contribution is 5.71. The van der Waals surface area contributed by atoms with Crippen LogP contribution in [-0.2, 0) is 28.6 Å². The van der Waals surface area contributed by atoms with Gasteiger partial charge >= 0.3 is 17.9 Å². The summed E-state index contributed by atoms with van der Waals surface area (Å²) in [6.07, 6.45) is 93.7. The predicted octanol–water partition coefficient (Wildman–Crippen LogP) is 21.1. The number of hydrogen-bond acceptors (Lipinski definition) is 6. The van der Waals surface area contributed by atoms with Gasteiger partial charge < -0.3 is 14.2 Å². The predicted molar refractivity (Wildman–Crippen MR) is 334 cm³/mol. The molecule has 1 unspecified atom stereocenters.